The molecule has 1 aromatic rings. The molecule has 4 nitrogen and oxygen atoms in total. The standard InChI is InChI=1S/C9H13NO3S.Na.H/c1-7-4-5-9(8(2)6-7)10(3)14(11,12)13;;/h4-6H,1-3H3,(H,11,12,13);;. The second kappa shape index (κ2) is 5.32. The Morgan fingerprint density at radius 3 is 2.20 bits per heavy atom. The minimum absolute atomic E-state index is 0. The second-order valence-corrected chi connectivity index (χ2v) is 4.68. The number of hydrogen-bond acceptors (Lipinski definition) is 2. The van der Waals surface area contributed by atoms with Crippen LogP contribution in [0.4, 0.5) is 5.69 Å². The summed E-state index contributed by atoms with van der Waals surface area (Å²) in [6.07, 6.45) is 0. The van der Waals surface area contributed by atoms with Crippen LogP contribution in [0.1, 0.15) is 11.1 Å². The fourth-order valence-corrected chi connectivity index (χ4v) is 1.74. The first-order valence-corrected chi connectivity index (χ1v) is 5.50. The summed E-state index contributed by atoms with van der Waals surface area (Å²) in [6.45, 7) is 3.72. The van der Waals surface area contributed by atoms with Gasteiger partial charge in [-0.05, 0) is 25.5 Å². The molecule has 0 aliphatic carbocycles. The van der Waals surface area contributed by atoms with E-state index < -0.39 is 10.3 Å². The first-order chi connectivity index (χ1) is 6.32. The number of rotatable bonds is 2. The van der Waals surface area contributed by atoms with E-state index in [1.165, 1.54) is 7.05 Å². The van der Waals surface area contributed by atoms with Crippen LogP contribution in [0.15, 0.2) is 18.2 Å². The molecule has 0 aliphatic heterocycles. The molecular formula is C9H14NNaO3S. The minimum atomic E-state index is -4.16. The van der Waals surface area contributed by atoms with E-state index in [1.54, 1.807) is 19.1 Å². The Kier molecular flexibility index (Phi) is 5.29. The number of nitrogens with zero attached hydrogens (tertiary/aromatic N) is 1. The van der Waals surface area contributed by atoms with Crippen LogP contribution in [-0.4, -0.2) is 49.6 Å². The van der Waals surface area contributed by atoms with Crippen LogP contribution >= 0.6 is 0 Å². The van der Waals surface area contributed by atoms with Gasteiger partial charge in [-0.3, -0.25) is 8.86 Å². The molecule has 0 saturated carbocycles. The molecule has 0 saturated heterocycles. The summed E-state index contributed by atoms with van der Waals surface area (Å²) >= 11 is 0. The van der Waals surface area contributed by atoms with Gasteiger partial charge in [0.1, 0.15) is 0 Å². The van der Waals surface area contributed by atoms with E-state index in [2.05, 4.69) is 0 Å². The van der Waals surface area contributed by atoms with Crippen LogP contribution in [0.5, 0.6) is 0 Å². The van der Waals surface area contributed by atoms with E-state index >= 15 is 0 Å². The molecule has 15 heavy (non-hydrogen) atoms. The molecule has 1 rings (SSSR count). The zero-order valence-corrected chi connectivity index (χ0v) is 9.17. The van der Waals surface area contributed by atoms with E-state index in [4.69, 9.17) is 4.55 Å². The van der Waals surface area contributed by atoms with Crippen molar-refractivity contribution in [2.45, 2.75) is 13.8 Å². The van der Waals surface area contributed by atoms with E-state index in [0.717, 1.165) is 15.4 Å². The van der Waals surface area contributed by atoms with Gasteiger partial charge in [0.2, 0.25) is 0 Å². The average molecular weight is 239 g/mol. The predicted molar refractivity (Wildman–Crippen MR) is 63.0 cm³/mol. The molecule has 1 N–H and O–H groups in total. The molecule has 80 valence electrons. The van der Waals surface area contributed by atoms with Crippen molar-refractivity contribution in [2.75, 3.05) is 11.4 Å². The summed E-state index contributed by atoms with van der Waals surface area (Å²) in [7, 11) is -2.85. The van der Waals surface area contributed by atoms with Gasteiger partial charge >= 0.3 is 39.9 Å². The molecule has 0 aliphatic rings. The van der Waals surface area contributed by atoms with E-state index in [0.29, 0.717) is 5.69 Å². The maximum atomic E-state index is 10.9. The molecule has 0 amide bonds. The first kappa shape index (κ1) is 14.9. The van der Waals surface area contributed by atoms with Crippen LogP contribution < -0.4 is 4.31 Å². The van der Waals surface area contributed by atoms with Gasteiger partial charge in [-0.1, -0.05) is 17.7 Å². The molecule has 0 aromatic heterocycles. The van der Waals surface area contributed by atoms with Crippen molar-refractivity contribution >= 4 is 45.5 Å². The monoisotopic (exact) mass is 239 g/mol. The molecule has 0 unspecified atom stereocenters. The molecule has 0 bridgehead atoms. The maximum absolute atomic E-state index is 10.9. The Balaban J connectivity index is 0.00000196. The van der Waals surface area contributed by atoms with Crippen LogP contribution in [0.2, 0.25) is 0 Å². The summed E-state index contributed by atoms with van der Waals surface area (Å²) in [4.78, 5) is 0. The molecule has 6 heteroatoms. The van der Waals surface area contributed by atoms with Gasteiger partial charge in [0.25, 0.3) is 0 Å². The van der Waals surface area contributed by atoms with Gasteiger partial charge in [0, 0.05) is 7.05 Å². The van der Waals surface area contributed by atoms with Crippen molar-refractivity contribution in [3.63, 3.8) is 0 Å². The quantitative estimate of drug-likeness (QED) is 0.616. The Labute approximate surface area is 112 Å². The number of hydrogen-bond donors (Lipinski definition) is 1. The normalized spacial score (nSPS) is 10.7. The number of anilines is 1. The van der Waals surface area contributed by atoms with Gasteiger partial charge in [0.15, 0.2) is 0 Å². The van der Waals surface area contributed by atoms with E-state index in [9.17, 15) is 8.42 Å². The van der Waals surface area contributed by atoms with Crippen LogP contribution in [0.25, 0.3) is 0 Å². The Morgan fingerprint density at radius 2 is 1.80 bits per heavy atom. The molecule has 0 radical (unpaired) electrons. The zero-order valence-electron chi connectivity index (χ0n) is 8.35. The summed E-state index contributed by atoms with van der Waals surface area (Å²) in [6, 6.07) is 5.32. The van der Waals surface area contributed by atoms with Gasteiger partial charge < -0.3 is 0 Å². The van der Waals surface area contributed by atoms with Gasteiger partial charge in [-0.25, -0.2) is 0 Å². The van der Waals surface area contributed by atoms with Crippen molar-refractivity contribution < 1.29 is 13.0 Å². The third-order valence-corrected chi connectivity index (χ3v) is 2.93. The van der Waals surface area contributed by atoms with Crippen LogP contribution in [-0.2, 0) is 10.3 Å². The van der Waals surface area contributed by atoms with Crippen molar-refractivity contribution in [1.29, 1.82) is 0 Å². The van der Waals surface area contributed by atoms with E-state index in [1.807, 2.05) is 13.0 Å². The number of benzene rings is 1. The summed E-state index contributed by atoms with van der Waals surface area (Å²) in [5, 5.41) is 0. The summed E-state index contributed by atoms with van der Waals surface area (Å²) in [5.74, 6) is 0. The Morgan fingerprint density at radius 1 is 1.27 bits per heavy atom. The molecule has 0 atom stereocenters. The Bertz CT molecular complexity index is 445. The van der Waals surface area contributed by atoms with Crippen LogP contribution in [0.3, 0.4) is 0 Å². The summed E-state index contributed by atoms with van der Waals surface area (Å²) in [5.41, 5.74) is 2.35. The van der Waals surface area contributed by atoms with Gasteiger partial charge in [-0.15, -0.1) is 0 Å². The zero-order chi connectivity index (χ0) is 10.9. The second-order valence-electron chi connectivity index (χ2n) is 3.24. The molecule has 1 aromatic carbocycles. The number of aryl methyl sites for hydroxylation is 2. The average Bonchev–Trinajstić information content (AvgIpc) is 2.01. The third kappa shape index (κ3) is 3.77. The van der Waals surface area contributed by atoms with Crippen LogP contribution in [0, 0.1) is 13.8 Å². The molecule has 0 heterocycles. The van der Waals surface area contributed by atoms with Crippen molar-refractivity contribution in [3.8, 4) is 0 Å². The predicted octanol–water partition coefficient (Wildman–Crippen LogP) is 0.894. The van der Waals surface area contributed by atoms with E-state index in [-0.39, 0.29) is 29.6 Å². The van der Waals surface area contributed by atoms with Crippen molar-refractivity contribution in [3.05, 3.63) is 29.3 Å². The first-order valence-electron chi connectivity index (χ1n) is 4.11. The molecule has 0 fully saturated rings. The van der Waals surface area contributed by atoms with Gasteiger partial charge in [-0.2, -0.15) is 8.42 Å². The fraction of sp³-hybridized carbons (Fsp3) is 0.333. The van der Waals surface area contributed by atoms with Crippen molar-refractivity contribution in [2.24, 2.45) is 0 Å². The summed E-state index contributed by atoms with van der Waals surface area (Å²) < 4.78 is 31.4. The SMILES string of the molecule is Cc1ccc(N(C)S(=O)(=O)O)c(C)c1.[NaH]. The molecular weight excluding hydrogens is 225 g/mol. The third-order valence-electron chi connectivity index (χ3n) is 2.04. The fourth-order valence-electron chi connectivity index (χ4n) is 1.28. The van der Waals surface area contributed by atoms with Gasteiger partial charge in [0.05, 0.1) is 5.69 Å². The Hall–Kier alpha value is -0.0700. The molecule has 0 spiro atoms. The topological polar surface area (TPSA) is 57.6 Å². The van der Waals surface area contributed by atoms with Crippen molar-refractivity contribution in [1.82, 2.24) is 0 Å².